The van der Waals surface area contributed by atoms with Gasteiger partial charge in [-0.15, -0.1) is 11.3 Å². The van der Waals surface area contributed by atoms with Crippen molar-refractivity contribution in [1.29, 1.82) is 0 Å². The monoisotopic (exact) mass is 295 g/mol. The highest BCUT2D eigenvalue weighted by atomic mass is 32.2. The normalized spacial score (nSPS) is 11.8. The lowest BCUT2D eigenvalue weighted by Crippen LogP contribution is -2.35. The number of hydrogen-bond donors (Lipinski definition) is 1. The summed E-state index contributed by atoms with van der Waals surface area (Å²) >= 11 is 3.14. The zero-order valence-electron chi connectivity index (χ0n) is 11.4. The van der Waals surface area contributed by atoms with Crippen molar-refractivity contribution in [2.75, 3.05) is 0 Å². The van der Waals surface area contributed by atoms with Gasteiger partial charge >= 0.3 is 0 Å². The molecule has 4 heteroatoms. The Morgan fingerprint density at radius 2 is 2.00 bits per heavy atom. The van der Waals surface area contributed by atoms with Crippen LogP contribution in [0.5, 0.6) is 0 Å². The molecule has 0 unspecified atom stereocenters. The molecule has 1 aromatic carbocycles. The van der Waals surface area contributed by atoms with Gasteiger partial charge in [0.25, 0.3) is 0 Å². The lowest BCUT2D eigenvalue weighted by atomic mass is 10.1. The Morgan fingerprint density at radius 3 is 2.63 bits per heavy atom. The highest BCUT2D eigenvalue weighted by Crippen LogP contribution is 2.35. The Kier molecular flexibility index (Phi) is 4.66. The molecule has 0 spiro atoms. The van der Waals surface area contributed by atoms with Gasteiger partial charge in [0.1, 0.15) is 5.82 Å². The molecule has 0 saturated heterocycles. The van der Waals surface area contributed by atoms with E-state index in [1.54, 1.807) is 17.4 Å². The van der Waals surface area contributed by atoms with Crippen LogP contribution in [0.2, 0.25) is 0 Å². The Bertz CT molecular complexity index is 530. The van der Waals surface area contributed by atoms with E-state index < -0.39 is 0 Å². The summed E-state index contributed by atoms with van der Waals surface area (Å²) in [7, 11) is 0. The third kappa shape index (κ3) is 4.34. The van der Waals surface area contributed by atoms with E-state index in [1.807, 2.05) is 23.6 Å². The summed E-state index contributed by atoms with van der Waals surface area (Å²) in [5, 5.41) is 5.42. The molecular formula is C15H18FNS2. The summed E-state index contributed by atoms with van der Waals surface area (Å²) in [6, 6.07) is 9.28. The van der Waals surface area contributed by atoms with Crippen molar-refractivity contribution in [3.63, 3.8) is 0 Å². The molecule has 0 aliphatic heterocycles. The molecule has 2 rings (SSSR count). The van der Waals surface area contributed by atoms with E-state index in [-0.39, 0.29) is 11.4 Å². The molecule has 19 heavy (non-hydrogen) atoms. The van der Waals surface area contributed by atoms with Crippen LogP contribution in [0, 0.1) is 5.82 Å². The Balaban J connectivity index is 2.21. The SMILES string of the molecule is CC(C)(C)NCc1cccc(F)c1Sc1cccs1. The highest BCUT2D eigenvalue weighted by Gasteiger charge is 2.14. The van der Waals surface area contributed by atoms with Crippen LogP contribution < -0.4 is 5.32 Å². The van der Waals surface area contributed by atoms with Crippen molar-refractivity contribution < 1.29 is 4.39 Å². The maximum atomic E-state index is 14.0. The van der Waals surface area contributed by atoms with Gasteiger partial charge in [0.15, 0.2) is 0 Å². The molecule has 0 aliphatic carbocycles. The first kappa shape index (κ1) is 14.6. The number of rotatable bonds is 4. The summed E-state index contributed by atoms with van der Waals surface area (Å²) < 4.78 is 15.1. The van der Waals surface area contributed by atoms with Gasteiger partial charge in [-0.3, -0.25) is 0 Å². The lowest BCUT2D eigenvalue weighted by Gasteiger charge is -2.21. The van der Waals surface area contributed by atoms with Crippen LogP contribution in [0.3, 0.4) is 0 Å². The summed E-state index contributed by atoms with van der Waals surface area (Å²) in [6.07, 6.45) is 0. The molecule has 1 nitrogen and oxygen atoms in total. The van der Waals surface area contributed by atoms with Crippen LogP contribution in [-0.2, 0) is 6.54 Å². The van der Waals surface area contributed by atoms with Gasteiger partial charge in [-0.05, 0) is 43.8 Å². The Morgan fingerprint density at radius 1 is 1.21 bits per heavy atom. The minimum Gasteiger partial charge on any atom is -0.308 e. The number of halogens is 1. The predicted molar refractivity (Wildman–Crippen MR) is 81.4 cm³/mol. The molecule has 1 heterocycles. The largest absolute Gasteiger partial charge is 0.308 e. The Labute approximate surface area is 122 Å². The van der Waals surface area contributed by atoms with Crippen LogP contribution in [0.4, 0.5) is 4.39 Å². The standard InChI is InChI=1S/C15H18FNS2/c1-15(2,3)17-10-11-6-4-7-12(16)14(11)19-13-8-5-9-18-13/h4-9,17H,10H2,1-3H3. The van der Waals surface area contributed by atoms with Gasteiger partial charge in [-0.25, -0.2) is 4.39 Å². The van der Waals surface area contributed by atoms with Crippen molar-refractivity contribution >= 4 is 23.1 Å². The minimum absolute atomic E-state index is 0.0250. The van der Waals surface area contributed by atoms with Gasteiger partial charge in [0.05, 0.1) is 9.10 Å². The van der Waals surface area contributed by atoms with Crippen molar-refractivity contribution in [3.8, 4) is 0 Å². The maximum absolute atomic E-state index is 14.0. The second-order valence-corrected chi connectivity index (χ2v) is 7.62. The predicted octanol–water partition coefficient (Wildman–Crippen LogP) is 4.93. The number of thiophene rings is 1. The van der Waals surface area contributed by atoms with Gasteiger partial charge in [-0.2, -0.15) is 0 Å². The van der Waals surface area contributed by atoms with Crippen LogP contribution in [0.15, 0.2) is 44.8 Å². The summed E-state index contributed by atoms with van der Waals surface area (Å²) in [4.78, 5) is 0.724. The molecule has 2 aromatic rings. The van der Waals surface area contributed by atoms with E-state index in [0.29, 0.717) is 6.54 Å². The number of benzene rings is 1. The maximum Gasteiger partial charge on any atom is 0.137 e. The van der Waals surface area contributed by atoms with Crippen molar-refractivity contribution in [3.05, 3.63) is 47.1 Å². The zero-order chi connectivity index (χ0) is 13.9. The van der Waals surface area contributed by atoms with E-state index in [0.717, 1.165) is 14.7 Å². The third-order valence-corrected chi connectivity index (χ3v) is 4.75. The second-order valence-electron chi connectivity index (χ2n) is 5.37. The van der Waals surface area contributed by atoms with E-state index in [9.17, 15) is 4.39 Å². The summed E-state index contributed by atoms with van der Waals surface area (Å²) in [6.45, 7) is 7.00. The molecule has 102 valence electrons. The van der Waals surface area contributed by atoms with Gasteiger partial charge < -0.3 is 5.32 Å². The van der Waals surface area contributed by atoms with E-state index >= 15 is 0 Å². The molecule has 0 saturated carbocycles. The van der Waals surface area contributed by atoms with Crippen molar-refractivity contribution in [2.24, 2.45) is 0 Å². The number of nitrogens with one attached hydrogen (secondary N) is 1. The molecule has 1 aromatic heterocycles. The van der Waals surface area contributed by atoms with Crippen LogP contribution >= 0.6 is 23.1 Å². The minimum atomic E-state index is -0.147. The zero-order valence-corrected chi connectivity index (χ0v) is 13.0. The fourth-order valence-corrected chi connectivity index (χ4v) is 3.43. The first-order chi connectivity index (χ1) is 8.96. The van der Waals surface area contributed by atoms with Crippen molar-refractivity contribution in [1.82, 2.24) is 5.32 Å². The van der Waals surface area contributed by atoms with Crippen LogP contribution in [-0.4, -0.2) is 5.54 Å². The van der Waals surface area contributed by atoms with Gasteiger partial charge in [0.2, 0.25) is 0 Å². The van der Waals surface area contributed by atoms with E-state index in [1.165, 1.54) is 17.8 Å². The molecule has 0 bridgehead atoms. The average Bonchev–Trinajstić information content (AvgIpc) is 2.82. The number of hydrogen-bond acceptors (Lipinski definition) is 3. The van der Waals surface area contributed by atoms with Gasteiger partial charge in [0, 0.05) is 12.1 Å². The first-order valence-corrected chi connectivity index (χ1v) is 7.89. The first-order valence-electron chi connectivity index (χ1n) is 6.19. The second kappa shape index (κ2) is 6.07. The highest BCUT2D eigenvalue weighted by molar-refractivity contribution is 8.01. The molecular weight excluding hydrogens is 277 g/mol. The average molecular weight is 295 g/mol. The molecule has 1 N–H and O–H groups in total. The molecule has 0 fully saturated rings. The summed E-state index contributed by atoms with van der Waals surface area (Å²) in [5.41, 5.74) is 1.03. The van der Waals surface area contributed by atoms with Gasteiger partial charge in [-0.1, -0.05) is 30.0 Å². The fourth-order valence-electron chi connectivity index (χ4n) is 1.59. The fraction of sp³-hybridized carbons (Fsp3) is 0.333. The molecule has 0 atom stereocenters. The van der Waals surface area contributed by atoms with Crippen LogP contribution in [0.1, 0.15) is 26.3 Å². The Hall–Kier alpha value is -0.840. The quantitative estimate of drug-likeness (QED) is 0.858. The molecule has 0 amide bonds. The third-order valence-electron chi connectivity index (χ3n) is 2.56. The molecule has 0 radical (unpaired) electrons. The van der Waals surface area contributed by atoms with E-state index in [4.69, 9.17) is 0 Å². The van der Waals surface area contributed by atoms with E-state index in [2.05, 4.69) is 26.1 Å². The lowest BCUT2D eigenvalue weighted by molar-refractivity contribution is 0.421. The molecule has 0 aliphatic rings. The van der Waals surface area contributed by atoms with Crippen molar-refractivity contribution in [2.45, 2.75) is 42.0 Å². The smallest absolute Gasteiger partial charge is 0.137 e. The van der Waals surface area contributed by atoms with Crippen LogP contribution in [0.25, 0.3) is 0 Å². The summed E-state index contributed by atoms with van der Waals surface area (Å²) in [5.74, 6) is -0.147. The topological polar surface area (TPSA) is 12.0 Å².